The lowest BCUT2D eigenvalue weighted by Crippen LogP contribution is -2.49. The van der Waals surface area contributed by atoms with Crippen LogP contribution in [0.3, 0.4) is 0 Å². The monoisotopic (exact) mass is 278 g/mol. The second-order valence-electron chi connectivity index (χ2n) is 4.98. The van der Waals surface area contributed by atoms with Gasteiger partial charge in [0.2, 0.25) is 5.91 Å². The molecular formula is C15H22N2OS. The quantitative estimate of drug-likeness (QED) is 0.915. The number of benzene rings is 1. The van der Waals surface area contributed by atoms with Crippen LogP contribution in [-0.2, 0) is 11.2 Å². The zero-order chi connectivity index (χ0) is 13.7. The molecule has 0 saturated carbocycles. The van der Waals surface area contributed by atoms with Gasteiger partial charge in [-0.15, -0.1) is 0 Å². The first-order valence-corrected chi connectivity index (χ1v) is 7.95. The number of hydrogen-bond acceptors (Lipinski definition) is 3. The summed E-state index contributed by atoms with van der Waals surface area (Å²) < 4.78 is 0. The van der Waals surface area contributed by atoms with Crippen molar-refractivity contribution in [3.05, 3.63) is 35.9 Å². The molecule has 0 aromatic heterocycles. The van der Waals surface area contributed by atoms with Gasteiger partial charge in [0.1, 0.15) is 0 Å². The van der Waals surface area contributed by atoms with Gasteiger partial charge in [-0.05, 0) is 18.4 Å². The molecule has 1 saturated heterocycles. The number of rotatable bonds is 4. The highest BCUT2D eigenvalue weighted by atomic mass is 32.2. The zero-order valence-corrected chi connectivity index (χ0v) is 12.2. The summed E-state index contributed by atoms with van der Waals surface area (Å²) in [5, 5.41) is 0.571. The fourth-order valence-electron chi connectivity index (χ4n) is 2.36. The lowest BCUT2D eigenvalue weighted by Gasteiger charge is -2.33. The van der Waals surface area contributed by atoms with Gasteiger partial charge < -0.3 is 10.6 Å². The number of carbonyl (C=O) groups is 1. The molecule has 2 atom stereocenters. The van der Waals surface area contributed by atoms with Gasteiger partial charge in [-0.25, -0.2) is 0 Å². The second-order valence-corrected chi connectivity index (χ2v) is 6.39. The molecule has 0 radical (unpaired) electrons. The van der Waals surface area contributed by atoms with Crippen molar-refractivity contribution >= 4 is 17.7 Å². The van der Waals surface area contributed by atoms with Crippen molar-refractivity contribution < 1.29 is 4.79 Å². The zero-order valence-electron chi connectivity index (χ0n) is 11.4. The van der Waals surface area contributed by atoms with Crippen LogP contribution in [0.5, 0.6) is 0 Å². The van der Waals surface area contributed by atoms with E-state index in [1.54, 1.807) is 0 Å². The summed E-state index contributed by atoms with van der Waals surface area (Å²) in [4.78, 5) is 14.3. The fraction of sp³-hybridized carbons (Fsp3) is 0.533. The largest absolute Gasteiger partial charge is 0.339 e. The minimum atomic E-state index is -0.414. The van der Waals surface area contributed by atoms with Crippen molar-refractivity contribution in [1.29, 1.82) is 0 Å². The molecule has 1 amide bonds. The molecule has 19 heavy (non-hydrogen) atoms. The SMILES string of the molecule is CC[C@@H]1CN(C(=O)[C@@H](N)Cc2ccccc2)CCS1. The molecule has 4 heteroatoms. The Balaban J connectivity index is 1.91. The molecular weight excluding hydrogens is 256 g/mol. The summed E-state index contributed by atoms with van der Waals surface area (Å²) in [5.41, 5.74) is 7.20. The third kappa shape index (κ3) is 3.98. The van der Waals surface area contributed by atoms with Crippen LogP contribution >= 0.6 is 11.8 Å². The molecule has 104 valence electrons. The topological polar surface area (TPSA) is 46.3 Å². The molecule has 2 N–H and O–H groups in total. The number of thioether (sulfide) groups is 1. The number of hydrogen-bond donors (Lipinski definition) is 1. The Hall–Kier alpha value is -1.00. The highest BCUT2D eigenvalue weighted by Gasteiger charge is 2.26. The van der Waals surface area contributed by atoms with Crippen LogP contribution in [-0.4, -0.2) is 40.9 Å². The van der Waals surface area contributed by atoms with Gasteiger partial charge in [0, 0.05) is 24.1 Å². The maximum atomic E-state index is 12.4. The number of carbonyl (C=O) groups excluding carboxylic acids is 1. The lowest BCUT2D eigenvalue weighted by atomic mass is 10.1. The molecule has 1 fully saturated rings. The summed E-state index contributed by atoms with van der Waals surface area (Å²) in [6, 6.07) is 9.57. The van der Waals surface area contributed by atoms with Crippen LogP contribution in [0, 0.1) is 0 Å². The van der Waals surface area contributed by atoms with E-state index >= 15 is 0 Å². The minimum absolute atomic E-state index is 0.0996. The Morgan fingerprint density at radius 3 is 2.89 bits per heavy atom. The van der Waals surface area contributed by atoms with Crippen LogP contribution in [0.2, 0.25) is 0 Å². The van der Waals surface area contributed by atoms with Crippen molar-refractivity contribution in [2.75, 3.05) is 18.8 Å². The molecule has 0 bridgehead atoms. The van der Waals surface area contributed by atoms with Crippen molar-refractivity contribution in [2.45, 2.75) is 31.1 Å². The summed E-state index contributed by atoms with van der Waals surface area (Å²) in [6.07, 6.45) is 1.74. The maximum absolute atomic E-state index is 12.4. The van der Waals surface area contributed by atoms with Crippen molar-refractivity contribution in [3.8, 4) is 0 Å². The molecule has 1 heterocycles. The average molecular weight is 278 g/mol. The van der Waals surface area contributed by atoms with Gasteiger partial charge in [0.15, 0.2) is 0 Å². The van der Waals surface area contributed by atoms with Crippen LogP contribution in [0.4, 0.5) is 0 Å². The van der Waals surface area contributed by atoms with Crippen molar-refractivity contribution in [3.63, 3.8) is 0 Å². The van der Waals surface area contributed by atoms with Crippen molar-refractivity contribution in [2.24, 2.45) is 5.73 Å². The normalized spacial score (nSPS) is 21.2. The van der Waals surface area contributed by atoms with Gasteiger partial charge in [-0.1, -0.05) is 37.3 Å². The number of nitrogens with zero attached hydrogens (tertiary/aromatic N) is 1. The van der Waals surface area contributed by atoms with E-state index in [-0.39, 0.29) is 5.91 Å². The molecule has 1 aliphatic heterocycles. The molecule has 2 rings (SSSR count). The third-order valence-electron chi connectivity index (χ3n) is 3.52. The van der Waals surface area contributed by atoms with Gasteiger partial charge in [-0.2, -0.15) is 11.8 Å². The highest BCUT2D eigenvalue weighted by molar-refractivity contribution is 8.00. The summed E-state index contributed by atoms with van der Waals surface area (Å²) in [5.74, 6) is 1.13. The smallest absolute Gasteiger partial charge is 0.239 e. The lowest BCUT2D eigenvalue weighted by molar-refractivity contribution is -0.132. The van der Waals surface area contributed by atoms with E-state index in [0.717, 1.165) is 30.8 Å². The molecule has 0 unspecified atom stereocenters. The molecule has 0 aliphatic carbocycles. The van der Waals surface area contributed by atoms with Crippen LogP contribution in [0.1, 0.15) is 18.9 Å². The predicted molar refractivity (Wildman–Crippen MR) is 81.2 cm³/mol. The van der Waals surface area contributed by atoms with E-state index in [2.05, 4.69) is 6.92 Å². The summed E-state index contributed by atoms with van der Waals surface area (Å²) in [7, 11) is 0. The third-order valence-corrected chi connectivity index (χ3v) is 4.89. The first kappa shape index (κ1) is 14.4. The van der Waals surface area contributed by atoms with Crippen LogP contribution in [0.25, 0.3) is 0 Å². The van der Waals surface area contributed by atoms with E-state index in [0.29, 0.717) is 11.7 Å². The van der Waals surface area contributed by atoms with Crippen molar-refractivity contribution in [1.82, 2.24) is 4.90 Å². The number of nitrogens with two attached hydrogens (primary N) is 1. The molecule has 1 aromatic rings. The van der Waals surface area contributed by atoms with Gasteiger partial charge in [0.05, 0.1) is 6.04 Å². The van der Waals surface area contributed by atoms with Gasteiger partial charge in [-0.3, -0.25) is 4.79 Å². The molecule has 1 aromatic carbocycles. The summed E-state index contributed by atoms with van der Waals surface area (Å²) in [6.45, 7) is 3.86. The van der Waals surface area contributed by atoms with E-state index in [9.17, 15) is 4.79 Å². The molecule has 1 aliphatic rings. The first-order valence-electron chi connectivity index (χ1n) is 6.90. The standard InChI is InChI=1S/C15H22N2OS/c1-2-13-11-17(8-9-19-13)15(18)14(16)10-12-6-4-3-5-7-12/h3-7,13-14H,2,8-11,16H2,1H3/t13-,14+/m1/s1. The van der Waals surface area contributed by atoms with E-state index in [4.69, 9.17) is 5.73 Å². The van der Waals surface area contributed by atoms with Gasteiger partial charge in [0.25, 0.3) is 0 Å². The predicted octanol–water partition coefficient (Wildman–Crippen LogP) is 1.91. The van der Waals surface area contributed by atoms with Gasteiger partial charge >= 0.3 is 0 Å². The fourth-order valence-corrected chi connectivity index (χ4v) is 3.54. The minimum Gasteiger partial charge on any atom is -0.339 e. The first-order chi connectivity index (χ1) is 9.20. The molecule has 0 spiro atoms. The van der Waals surface area contributed by atoms with Crippen LogP contribution < -0.4 is 5.73 Å². The Labute approximate surface area is 119 Å². The summed E-state index contributed by atoms with van der Waals surface area (Å²) >= 11 is 1.97. The Bertz CT molecular complexity index is 410. The van der Waals surface area contributed by atoms with E-state index in [1.807, 2.05) is 47.0 Å². The Morgan fingerprint density at radius 2 is 2.21 bits per heavy atom. The van der Waals surface area contributed by atoms with E-state index < -0.39 is 6.04 Å². The Kier molecular flexibility index (Phi) is 5.28. The average Bonchev–Trinajstić information content (AvgIpc) is 2.47. The van der Waals surface area contributed by atoms with Crippen LogP contribution in [0.15, 0.2) is 30.3 Å². The number of amides is 1. The molecule has 3 nitrogen and oxygen atoms in total. The highest BCUT2D eigenvalue weighted by Crippen LogP contribution is 2.21. The van der Waals surface area contributed by atoms with E-state index in [1.165, 1.54) is 0 Å². The maximum Gasteiger partial charge on any atom is 0.239 e. The second kappa shape index (κ2) is 6.96. The Morgan fingerprint density at radius 1 is 1.47 bits per heavy atom.